The minimum Gasteiger partial charge on any atom is -0.507 e. The number of allylic oxidation sites excluding steroid dienone is 3. The molecule has 1 aromatic carbocycles. The summed E-state index contributed by atoms with van der Waals surface area (Å²) >= 11 is 6.21. The van der Waals surface area contributed by atoms with Crippen molar-refractivity contribution in [3.8, 4) is 11.5 Å². The molecular formula is C19H20ClNO6. The van der Waals surface area contributed by atoms with Crippen LogP contribution in [0.2, 0.25) is 5.02 Å². The van der Waals surface area contributed by atoms with Crippen LogP contribution < -0.4 is 0 Å². The average Bonchev–Trinajstić information content (AvgIpc) is 3.32. The normalized spacial score (nSPS) is 29.1. The third-order valence-corrected chi connectivity index (χ3v) is 4.71. The maximum absolute atomic E-state index is 12.7. The van der Waals surface area contributed by atoms with E-state index in [1.807, 2.05) is 12.2 Å². The van der Waals surface area contributed by atoms with Gasteiger partial charge in [-0.3, -0.25) is 0 Å². The summed E-state index contributed by atoms with van der Waals surface area (Å²) in [6.45, 7) is 1.75. The highest BCUT2D eigenvalue weighted by Gasteiger charge is 2.38. The molecule has 2 heterocycles. The number of aromatic hydroxyl groups is 2. The van der Waals surface area contributed by atoms with Gasteiger partial charge in [-0.05, 0) is 18.6 Å². The Bertz CT molecular complexity index is 832. The second-order valence-corrected chi connectivity index (χ2v) is 6.74. The molecule has 0 amide bonds. The predicted octanol–water partition coefficient (Wildman–Crippen LogP) is 3.12. The molecule has 144 valence electrons. The molecule has 0 bridgehead atoms. The van der Waals surface area contributed by atoms with Gasteiger partial charge in [0.1, 0.15) is 36.4 Å². The Morgan fingerprint density at radius 2 is 2.07 bits per heavy atom. The molecule has 3 unspecified atom stereocenters. The minimum atomic E-state index is -0.734. The van der Waals surface area contributed by atoms with Gasteiger partial charge < -0.3 is 24.5 Å². The molecule has 3 atom stereocenters. The van der Waals surface area contributed by atoms with E-state index in [0.29, 0.717) is 12.1 Å². The Kier molecular flexibility index (Phi) is 5.72. The topological polar surface area (TPSA) is 101 Å². The Morgan fingerprint density at radius 1 is 1.30 bits per heavy atom. The van der Waals surface area contributed by atoms with Crippen molar-refractivity contribution in [1.82, 2.24) is 0 Å². The zero-order chi connectivity index (χ0) is 19.6. The number of esters is 1. The van der Waals surface area contributed by atoms with Crippen LogP contribution >= 0.6 is 11.6 Å². The van der Waals surface area contributed by atoms with E-state index in [1.54, 1.807) is 19.1 Å². The molecule has 2 aliphatic heterocycles. The van der Waals surface area contributed by atoms with E-state index in [-0.39, 0.29) is 40.5 Å². The van der Waals surface area contributed by atoms with E-state index in [2.05, 4.69) is 5.16 Å². The van der Waals surface area contributed by atoms with Crippen LogP contribution in [0.15, 0.2) is 35.5 Å². The third-order valence-electron chi connectivity index (χ3n) is 4.29. The molecule has 1 aromatic rings. The smallest absolute Gasteiger partial charge is 0.342 e. The first kappa shape index (κ1) is 19.3. The molecule has 7 nitrogen and oxygen atoms in total. The Hall–Kier alpha value is -2.51. The highest BCUT2D eigenvalue weighted by Crippen LogP contribution is 2.38. The fraction of sp³-hybridized carbons (Fsp3) is 0.368. The monoisotopic (exact) mass is 393 g/mol. The van der Waals surface area contributed by atoms with Crippen LogP contribution in [-0.2, 0) is 20.7 Å². The third kappa shape index (κ3) is 4.43. The van der Waals surface area contributed by atoms with Gasteiger partial charge in [0.05, 0.1) is 16.8 Å². The molecule has 3 rings (SSSR count). The summed E-state index contributed by atoms with van der Waals surface area (Å²) in [7, 11) is 1.39. The number of carbonyl (C=O) groups excluding carboxylic acids is 1. The predicted molar refractivity (Wildman–Crippen MR) is 99.4 cm³/mol. The number of hydrogen-bond donors (Lipinski definition) is 2. The van der Waals surface area contributed by atoms with E-state index >= 15 is 0 Å². The zero-order valence-electron chi connectivity index (χ0n) is 14.9. The standard InChI is InChI=1S/C19H20ClNO6/c1-10-7-16-15(27-16)6-4-3-5-11(21-25-2)8-12-17(19(24)26-10)13(22)9-14(23)18(12)20/h3-6,9-10,15-16,22-23H,7-8H2,1-2H3/b5-3+,6-4-,21-11?. The molecule has 1 saturated heterocycles. The molecule has 8 heteroatoms. The summed E-state index contributed by atoms with van der Waals surface area (Å²) < 4.78 is 11.0. The van der Waals surface area contributed by atoms with Gasteiger partial charge in [0.15, 0.2) is 0 Å². The van der Waals surface area contributed by atoms with Gasteiger partial charge in [-0.1, -0.05) is 35.0 Å². The van der Waals surface area contributed by atoms with Crippen molar-refractivity contribution < 1.29 is 29.3 Å². The molecule has 0 aromatic heterocycles. The van der Waals surface area contributed by atoms with E-state index in [0.717, 1.165) is 6.07 Å². The molecule has 2 N–H and O–H groups in total. The number of cyclic esters (lactones) is 1. The molecule has 0 spiro atoms. The van der Waals surface area contributed by atoms with Crippen molar-refractivity contribution in [3.63, 3.8) is 0 Å². The number of halogens is 1. The summed E-state index contributed by atoms with van der Waals surface area (Å²) in [5.41, 5.74) is 0.526. The number of nitrogens with zero attached hydrogens (tertiary/aromatic N) is 1. The maximum Gasteiger partial charge on any atom is 0.342 e. The van der Waals surface area contributed by atoms with Crippen LogP contribution in [0.4, 0.5) is 0 Å². The molecule has 0 saturated carbocycles. The van der Waals surface area contributed by atoms with Crippen LogP contribution in [-0.4, -0.2) is 47.3 Å². The minimum absolute atomic E-state index is 0.0198. The fourth-order valence-electron chi connectivity index (χ4n) is 2.97. The highest BCUT2D eigenvalue weighted by molar-refractivity contribution is 6.33. The van der Waals surface area contributed by atoms with Gasteiger partial charge in [0, 0.05) is 18.9 Å². The Morgan fingerprint density at radius 3 is 2.81 bits per heavy atom. The Labute approximate surface area is 161 Å². The first-order valence-electron chi connectivity index (χ1n) is 8.45. The molecule has 2 aliphatic rings. The number of hydrogen-bond acceptors (Lipinski definition) is 7. The van der Waals surface area contributed by atoms with Crippen molar-refractivity contribution in [1.29, 1.82) is 0 Å². The van der Waals surface area contributed by atoms with Gasteiger partial charge in [0.2, 0.25) is 0 Å². The number of oxime groups is 1. The van der Waals surface area contributed by atoms with E-state index in [9.17, 15) is 15.0 Å². The number of ether oxygens (including phenoxy) is 2. The number of epoxide rings is 1. The number of rotatable bonds is 1. The first-order valence-corrected chi connectivity index (χ1v) is 8.83. The average molecular weight is 394 g/mol. The largest absolute Gasteiger partial charge is 0.507 e. The van der Waals surface area contributed by atoms with Gasteiger partial charge >= 0.3 is 5.97 Å². The Balaban J connectivity index is 2.06. The number of phenols is 2. The van der Waals surface area contributed by atoms with Gasteiger partial charge in [-0.25, -0.2) is 4.79 Å². The van der Waals surface area contributed by atoms with Crippen LogP contribution in [0.5, 0.6) is 11.5 Å². The molecule has 0 aliphatic carbocycles. The van der Waals surface area contributed by atoms with Crippen LogP contribution in [0, 0.1) is 0 Å². The second kappa shape index (κ2) is 8.02. The number of phenolic OH excluding ortho intramolecular Hbond substituents is 2. The number of carbonyl (C=O) groups is 1. The number of fused-ring (bicyclic) bond motifs is 2. The molecular weight excluding hydrogens is 374 g/mol. The van der Waals surface area contributed by atoms with Crippen molar-refractivity contribution in [3.05, 3.63) is 46.5 Å². The van der Waals surface area contributed by atoms with Gasteiger partial charge in [-0.15, -0.1) is 0 Å². The summed E-state index contributed by atoms with van der Waals surface area (Å²) in [5, 5.41) is 24.1. The van der Waals surface area contributed by atoms with Crippen molar-refractivity contribution in [2.45, 2.75) is 38.1 Å². The van der Waals surface area contributed by atoms with Crippen LogP contribution in [0.1, 0.15) is 29.3 Å². The summed E-state index contributed by atoms with van der Waals surface area (Å²) in [6, 6.07) is 1.02. The lowest BCUT2D eigenvalue weighted by Gasteiger charge is -2.17. The van der Waals surface area contributed by atoms with Crippen LogP contribution in [0.25, 0.3) is 0 Å². The zero-order valence-corrected chi connectivity index (χ0v) is 15.6. The fourth-order valence-corrected chi connectivity index (χ4v) is 3.19. The first-order chi connectivity index (χ1) is 12.9. The van der Waals surface area contributed by atoms with E-state index < -0.39 is 17.8 Å². The lowest BCUT2D eigenvalue weighted by Crippen LogP contribution is -2.19. The van der Waals surface area contributed by atoms with Crippen molar-refractivity contribution in [2.75, 3.05) is 7.11 Å². The lowest BCUT2D eigenvalue weighted by atomic mass is 9.99. The SMILES string of the molecule is CON=C1/C=C/C=C\C2OC2CC(C)OC(=O)c2c(O)cc(O)c(Cl)c2C1. The van der Waals surface area contributed by atoms with Gasteiger partial charge in [0.25, 0.3) is 0 Å². The van der Waals surface area contributed by atoms with Crippen molar-refractivity contribution in [2.24, 2.45) is 5.16 Å². The summed E-state index contributed by atoms with van der Waals surface area (Å²) in [4.78, 5) is 17.5. The highest BCUT2D eigenvalue weighted by atomic mass is 35.5. The molecule has 1 fully saturated rings. The van der Waals surface area contributed by atoms with Crippen molar-refractivity contribution >= 4 is 23.3 Å². The quantitative estimate of drug-likeness (QED) is 0.432. The summed E-state index contributed by atoms with van der Waals surface area (Å²) in [5.74, 6) is -1.50. The van der Waals surface area contributed by atoms with E-state index in [4.69, 9.17) is 25.9 Å². The van der Waals surface area contributed by atoms with Gasteiger partial charge in [-0.2, -0.15) is 0 Å². The van der Waals surface area contributed by atoms with Crippen LogP contribution in [0.3, 0.4) is 0 Å². The molecule has 27 heavy (non-hydrogen) atoms. The maximum atomic E-state index is 12.7. The number of benzene rings is 1. The lowest BCUT2D eigenvalue weighted by molar-refractivity contribution is 0.0306. The molecule has 0 radical (unpaired) electrons. The second-order valence-electron chi connectivity index (χ2n) is 6.36. The van der Waals surface area contributed by atoms with E-state index in [1.165, 1.54) is 7.11 Å². The summed E-state index contributed by atoms with van der Waals surface area (Å²) in [6.07, 6.45) is 7.29.